The van der Waals surface area contributed by atoms with Gasteiger partial charge in [-0.15, -0.1) is 10.2 Å². The molecule has 170 valence electrons. The molecule has 6 nitrogen and oxygen atoms in total. The molecule has 4 aromatic rings. The van der Waals surface area contributed by atoms with Gasteiger partial charge in [-0.25, -0.2) is 0 Å². The molecule has 1 heterocycles. The molecule has 4 rings (SSSR count). The maximum absolute atomic E-state index is 12.9. The first-order valence-electron chi connectivity index (χ1n) is 10.8. The normalized spacial score (nSPS) is 12.0. The smallest absolute Gasteiger partial charge is 0.237 e. The van der Waals surface area contributed by atoms with Crippen LogP contribution in [0.15, 0.2) is 65.8 Å². The number of carbonyl (C=O) groups excluding carboxylic acids is 1. The van der Waals surface area contributed by atoms with E-state index in [1.807, 2.05) is 86.0 Å². The minimum absolute atomic E-state index is 0.0732. The van der Waals surface area contributed by atoms with Crippen molar-refractivity contribution in [2.75, 3.05) is 10.6 Å². The standard InChI is InChI=1S/C25H26ClN5OS/c1-4-31-23(15-27-19-13-12-16(2)21(26)14-19)29-30-25(31)33-17(3)24(32)28-22-11-7-9-18-8-5-6-10-20(18)22/h5-14,17,27H,4,15H2,1-3H3,(H,28,32)/t17-/m1/s1. The van der Waals surface area contributed by atoms with Crippen LogP contribution in [0, 0.1) is 6.92 Å². The molecule has 0 unspecified atom stereocenters. The summed E-state index contributed by atoms with van der Waals surface area (Å²) in [4.78, 5) is 12.9. The fourth-order valence-electron chi connectivity index (χ4n) is 3.52. The minimum atomic E-state index is -0.338. The molecule has 0 saturated heterocycles. The number of anilines is 2. The van der Waals surface area contributed by atoms with E-state index in [0.29, 0.717) is 13.1 Å². The average Bonchev–Trinajstić information content (AvgIpc) is 3.21. The van der Waals surface area contributed by atoms with Crippen molar-refractivity contribution in [1.82, 2.24) is 14.8 Å². The van der Waals surface area contributed by atoms with Crippen molar-refractivity contribution in [2.24, 2.45) is 0 Å². The van der Waals surface area contributed by atoms with E-state index < -0.39 is 0 Å². The van der Waals surface area contributed by atoms with Crippen molar-refractivity contribution in [3.8, 4) is 0 Å². The van der Waals surface area contributed by atoms with Crippen molar-refractivity contribution < 1.29 is 4.79 Å². The molecule has 0 saturated carbocycles. The molecule has 0 spiro atoms. The first-order chi connectivity index (χ1) is 16.0. The number of rotatable bonds is 8. The number of amides is 1. The summed E-state index contributed by atoms with van der Waals surface area (Å²) in [7, 11) is 0. The van der Waals surface area contributed by atoms with Crippen molar-refractivity contribution in [2.45, 2.75) is 44.3 Å². The molecule has 0 radical (unpaired) electrons. The second-order valence-electron chi connectivity index (χ2n) is 7.74. The van der Waals surface area contributed by atoms with Crippen LogP contribution >= 0.6 is 23.4 Å². The molecule has 0 aliphatic carbocycles. The summed E-state index contributed by atoms with van der Waals surface area (Å²) in [5.41, 5.74) is 2.77. The highest BCUT2D eigenvalue weighted by molar-refractivity contribution is 8.00. The zero-order valence-corrected chi connectivity index (χ0v) is 20.4. The van der Waals surface area contributed by atoms with E-state index in [-0.39, 0.29) is 11.2 Å². The molecule has 2 N–H and O–H groups in total. The summed E-state index contributed by atoms with van der Waals surface area (Å²) >= 11 is 7.62. The lowest BCUT2D eigenvalue weighted by Gasteiger charge is -2.14. The van der Waals surface area contributed by atoms with Crippen molar-refractivity contribution >= 4 is 51.4 Å². The van der Waals surface area contributed by atoms with E-state index in [9.17, 15) is 4.79 Å². The van der Waals surface area contributed by atoms with Crippen molar-refractivity contribution in [1.29, 1.82) is 0 Å². The lowest BCUT2D eigenvalue weighted by molar-refractivity contribution is -0.115. The number of benzene rings is 3. The number of fused-ring (bicyclic) bond motifs is 1. The Morgan fingerprint density at radius 3 is 2.70 bits per heavy atom. The zero-order chi connectivity index (χ0) is 23.4. The Balaban J connectivity index is 1.43. The van der Waals surface area contributed by atoms with Gasteiger partial charge < -0.3 is 15.2 Å². The summed E-state index contributed by atoms with van der Waals surface area (Å²) in [5, 5.41) is 18.3. The van der Waals surface area contributed by atoms with Gasteiger partial charge in [-0.05, 0) is 49.9 Å². The molecular formula is C25H26ClN5OS. The Morgan fingerprint density at radius 2 is 1.91 bits per heavy atom. The van der Waals surface area contributed by atoms with E-state index in [2.05, 4.69) is 20.8 Å². The summed E-state index contributed by atoms with van der Waals surface area (Å²) in [5.74, 6) is 0.731. The summed E-state index contributed by atoms with van der Waals surface area (Å²) < 4.78 is 2.02. The summed E-state index contributed by atoms with van der Waals surface area (Å²) in [6, 6.07) is 19.8. The van der Waals surface area contributed by atoms with E-state index in [0.717, 1.165) is 43.7 Å². The highest BCUT2D eigenvalue weighted by atomic mass is 35.5. The largest absolute Gasteiger partial charge is 0.378 e. The lowest BCUT2D eigenvalue weighted by atomic mass is 10.1. The van der Waals surface area contributed by atoms with Crippen LogP contribution in [0.2, 0.25) is 5.02 Å². The Kier molecular flexibility index (Phi) is 7.20. The third-order valence-corrected chi connectivity index (χ3v) is 6.92. The van der Waals surface area contributed by atoms with Crippen LogP contribution in [0.1, 0.15) is 25.2 Å². The first kappa shape index (κ1) is 23.1. The predicted octanol–water partition coefficient (Wildman–Crippen LogP) is 6.14. The highest BCUT2D eigenvalue weighted by Gasteiger charge is 2.20. The molecule has 1 amide bonds. The molecular weight excluding hydrogens is 454 g/mol. The number of aromatic nitrogens is 3. The molecule has 33 heavy (non-hydrogen) atoms. The minimum Gasteiger partial charge on any atom is -0.378 e. The van der Waals surface area contributed by atoms with E-state index in [4.69, 9.17) is 11.6 Å². The van der Waals surface area contributed by atoms with Gasteiger partial charge >= 0.3 is 0 Å². The molecule has 0 bridgehead atoms. The Bertz CT molecular complexity index is 1280. The van der Waals surface area contributed by atoms with E-state index in [1.54, 1.807) is 0 Å². The van der Waals surface area contributed by atoms with Crippen LogP contribution in [0.3, 0.4) is 0 Å². The van der Waals surface area contributed by atoms with Gasteiger partial charge in [-0.3, -0.25) is 4.79 Å². The topological polar surface area (TPSA) is 71.8 Å². The Hall–Kier alpha value is -3.03. The van der Waals surface area contributed by atoms with E-state index >= 15 is 0 Å². The lowest BCUT2D eigenvalue weighted by Crippen LogP contribution is -2.23. The molecule has 0 aliphatic heterocycles. The number of hydrogen-bond donors (Lipinski definition) is 2. The quantitative estimate of drug-likeness (QED) is 0.297. The van der Waals surface area contributed by atoms with Gasteiger partial charge in [0.1, 0.15) is 0 Å². The number of nitrogens with zero attached hydrogens (tertiary/aromatic N) is 3. The van der Waals surface area contributed by atoms with E-state index in [1.165, 1.54) is 11.8 Å². The van der Waals surface area contributed by atoms with Gasteiger partial charge in [0.15, 0.2) is 11.0 Å². The third kappa shape index (κ3) is 5.31. The maximum atomic E-state index is 12.9. The van der Waals surface area contributed by atoms with Gasteiger partial charge in [0.25, 0.3) is 0 Å². The predicted molar refractivity (Wildman–Crippen MR) is 137 cm³/mol. The van der Waals surface area contributed by atoms with Gasteiger partial charge in [0.2, 0.25) is 5.91 Å². The third-order valence-electron chi connectivity index (χ3n) is 5.43. The summed E-state index contributed by atoms with van der Waals surface area (Å²) in [6.07, 6.45) is 0. The number of hydrogen-bond acceptors (Lipinski definition) is 5. The van der Waals surface area contributed by atoms with Gasteiger partial charge in [0.05, 0.1) is 11.8 Å². The first-order valence-corrected chi connectivity index (χ1v) is 12.1. The highest BCUT2D eigenvalue weighted by Crippen LogP contribution is 2.27. The molecule has 8 heteroatoms. The molecule has 1 aromatic heterocycles. The molecule has 0 fully saturated rings. The zero-order valence-electron chi connectivity index (χ0n) is 18.8. The fourth-order valence-corrected chi connectivity index (χ4v) is 4.63. The number of nitrogens with one attached hydrogen (secondary N) is 2. The molecule has 1 atom stereocenters. The molecule has 3 aromatic carbocycles. The number of aryl methyl sites for hydroxylation is 1. The summed E-state index contributed by atoms with van der Waals surface area (Å²) in [6.45, 7) is 7.11. The van der Waals surface area contributed by atoms with Crippen LogP contribution in [-0.4, -0.2) is 25.9 Å². The van der Waals surface area contributed by atoms with Crippen molar-refractivity contribution in [3.63, 3.8) is 0 Å². The van der Waals surface area contributed by atoms with Crippen molar-refractivity contribution in [3.05, 3.63) is 77.1 Å². The van der Waals surface area contributed by atoms with Crippen LogP contribution in [0.4, 0.5) is 11.4 Å². The second-order valence-corrected chi connectivity index (χ2v) is 9.45. The van der Waals surface area contributed by atoms with Gasteiger partial charge in [-0.1, -0.05) is 65.8 Å². The number of halogens is 1. The van der Waals surface area contributed by atoms with Gasteiger partial charge in [-0.2, -0.15) is 0 Å². The fraction of sp³-hybridized carbons (Fsp3) is 0.240. The Morgan fingerprint density at radius 1 is 1.12 bits per heavy atom. The Labute approximate surface area is 202 Å². The SMILES string of the molecule is CCn1c(CNc2ccc(C)c(Cl)c2)nnc1S[C@H](C)C(=O)Nc1cccc2ccccc12. The van der Waals surface area contributed by atoms with Crippen LogP contribution in [0.5, 0.6) is 0 Å². The van der Waals surface area contributed by atoms with Crippen LogP contribution in [-0.2, 0) is 17.9 Å². The monoisotopic (exact) mass is 479 g/mol. The van der Waals surface area contributed by atoms with Crippen LogP contribution in [0.25, 0.3) is 10.8 Å². The maximum Gasteiger partial charge on any atom is 0.237 e. The van der Waals surface area contributed by atoms with Crippen LogP contribution < -0.4 is 10.6 Å². The molecule has 0 aliphatic rings. The number of carbonyl (C=O) groups is 1. The average molecular weight is 480 g/mol. The van der Waals surface area contributed by atoms with Gasteiger partial charge in [0, 0.05) is 28.3 Å². The number of thioether (sulfide) groups is 1. The second kappa shape index (κ2) is 10.3.